The topological polar surface area (TPSA) is 363 Å². The lowest BCUT2D eigenvalue weighted by atomic mass is 10.1. The normalized spacial score (nSPS) is 19.5. The standard InChI is InChI=1S/C22H30N8O3.C17H23BrN6O3.C17H22N8O/c1-6-29-10-14(7-24-29)17-12-30-20(27-17)18(15(8-25-30)19(23)31)26-16-11-28(9-13(16)2)21(32)33-22(3,4)5;1-9-6-23(16(26)27-17(2,3)4)7-11(9)21-13-10(14(19)25)5-20-24-8-12(18)22-15(13)24;1-3-24-8-11(5-20-24)14-9-25-17(23-14)15(12(6-21-25)16(18)26)22-13-7-19-4-10(13)2/h7-8,10,12-13,16,26H,6,9,11H2,1-5H3,(H2,23,31);5,8-9,11,21H,6-7H2,1-4H3,(H2,19,25);5-6,8-10,13,19,22H,3-4,7H2,1-2H3,(H2,18,26)/t13-,16+;9-,11+;10-,13+/m000/s1. The average Bonchev–Trinajstić information content (AvgIpc) is 1.75. The fraction of sp³-hybridized carbons (Fsp3) is 0.482. The van der Waals surface area contributed by atoms with Crippen LogP contribution in [0.2, 0.25) is 0 Å². The van der Waals surface area contributed by atoms with Crippen LogP contribution in [0.4, 0.5) is 26.7 Å². The van der Waals surface area contributed by atoms with Crippen molar-refractivity contribution in [3.8, 4) is 22.5 Å². The molecule has 30 heteroatoms. The predicted octanol–water partition coefficient (Wildman–Crippen LogP) is 5.37. The van der Waals surface area contributed by atoms with Gasteiger partial charge in [-0.3, -0.25) is 23.7 Å². The number of primary amides is 3. The van der Waals surface area contributed by atoms with Gasteiger partial charge in [-0.15, -0.1) is 0 Å². The van der Waals surface area contributed by atoms with Crippen LogP contribution < -0.4 is 38.5 Å². The summed E-state index contributed by atoms with van der Waals surface area (Å²) in [7, 11) is 0. The van der Waals surface area contributed by atoms with Crippen LogP contribution >= 0.6 is 15.9 Å². The number of imidazole rings is 3. The molecule has 0 bridgehead atoms. The molecule has 3 aliphatic heterocycles. The van der Waals surface area contributed by atoms with E-state index in [1.807, 2.05) is 97.2 Å². The molecule has 3 saturated heterocycles. The number of rotatable bonds is 13. The molecule has 10 N–H and O–H groups in total. The third-order valence-electron chi connectivity index (χ3n) is 14.8. The first kappa shape index (κ1) is 61.6. The molecule has 8 aromatic heterocycles. The van der Waals surface area contributed by atoms with Crippen LogP contribution in [0.25, 0.3) is 39.5 Å². The van der Waals surface area contributed by atoms with E-state index < -0.39 is 28.9 Å². The van der Waals surface area contributed by atoms with Crippen molar-refractivity contribution in [1.29, 1.82) is 0 Å². The van der Waals surface area contributed by atoms with Crippen molar-refractivity contribution in [3.63, 3.8) is 0 Å². The number of aryl methyl sites for hydroxylation is 2. The number of fused-ring (bicyclic) bond motifs is 3. The minimum Gasteiger partial charge on any atom is -0.444 e. The highest BCUT2D eigenvalue weighted by Gasteiger charge is 2.38. The van der Waals surface area contributed by atoms with E-state index in [0.717, 1.165) is 43.0 Å². The molecule has 29 nitrogen and oxygen atoms in total. The number of carbonyl (C=O) groups excluding carboxylic acids is 5. The molecule has 0 aromatic carbocycles. The van der Waals surface area contributed by atoms with Crippen LogP contribution in [0, 0.1) is 17.8 Å². The minimum absolute atomic E-state index is 0.0858. The predicted molar refractivity (Wildman–Crippen MR) is 324 cm³/mol. The first-order valence-electron chi connectivity index (χ1n) is 28.4. The summed E-state index contributed by atoms with van der Waals surface area (Å²) < 4.78 is 20.1. The molecule has 0 unspecified atom stereocenters. The monoisotopic (exact) mass is 1250 g/mol. The number of nitrogens with two attached hydrogens (primary N) is 3. The number of ether oxygens (including phenoxy) is 2. The van der Waals surface area contributed by atoms with Gasteiger partial charge in [0.15, 0.2) is 16.9 Å². The zero-order valence-electron chi connectivity index (χ0n) is 50.1. The maximum atomic E-state index is 12.5. The summed E-state index contributed by atoms with van der Waals surface area (Å²) in [6.45, 7) is 26.6. The van der Waals surface area contributed by atoms with Gasteiger partial charge in [0.05, 0.1) is 94.7 Å². The lowest BCUT2D eigenvalue weighted by molar-refractivity contribution is 0.0278. The molecular weight excluding hydrogens is 1170 g/mol. The third kappa shape index (κ3) is 13.9. The van der Waals surface area contributed by atoms with Gasteiger partial charge in [0.1, 0.15) is 15.8 Å². The van der Waals surface area contributed by atoms with Gasteiger partial charge in [0, 0.05) is 87.5 Å². The second-order valence-electron chi connectivity index (χ2n) is 23.8. The van der Waals surface area contributed by atoms with E-state index >= 15 is 0 Å². The molecule has 11 rings (SSSR count). The Morgan fingerprint density at radius 3 is 1.27 bits per heavy atom. The molecule has 0 saturated carbocycles. The molecule has 6 atom stereocenters. The number of nitrogens with one attached hydrogen (secondary N) is 4. The Balaban J connectivity index is 0.000000155. The van der Waals surface area contributed by atoms with Gasteiger partial charge in [-0.1, -0.05) is 20.8 Å². The molecule has 0 spiro atoms. The summed E-state index contributed by atoms with van der Waals surface area (Å²) in [5, 5.41) is 34.9. The van der Waals surface area contributed by atoms with Gasteiger partial charge in [0.25, 0.3) is 17.7 Å². The molecule has 458 valence electrons. The van der Waals surface area contributed by atoms with Crippen molar-refractivity contribution in [1.82, 2.24) is 78.5 Å². The highest BCUT2D eigenvalue weighted by atomic mass is 79.9. The number of halogens is 1. The molecule has 3 aliphatic rings. The summed E-state index contributed by atoms with van der Waals surface area (Å²) in [4.78, 5) is 78.0. The third-order valence-corrected chi connectivity index (χ3v) is 15.2. The Bertz CT molecular complexity index is 3810. The molecule has 5 amide bonds. The van der Waals surface area contributed by atoms with Crippen molar-refractivity contribution < 1.29 is 33.4 Å². The summed E-state index contributed by atoms with van der Waals surface area (Å²) in [5.41, 5.74) is 22.8. The van der Waals surface area contributed by atoms with E-state index in [1.165, 1.54) is 18.6 Å². The van der Waals surface area contributed by atoms with Crippen molar-refractivity contribution in [2.75, 3.05) is 55.2 Å². The fourth-order valence-electron chi connectivity index (χ4n) is 10.2. The van der Waals surface area contributed by atoms with Gasteiger partial charge in [-0.05, 0) is 95.6 Å². The van der Waals surface area contributed by atoms with Gasteiger partial charge >= 0.3 is 12.2 Å². The number of amides is 5. The van der Waals surface area contributed by atoms with Gasteiger partial charge in [-0.25, -0.2) is 38.1 Å². The second-order valence-corrected chi connectivity index (χ2v) is 24.6. The Hall–Kier alpha value is -8.93. The van der Waals surface area contributed by atoms with Gasteiger partial charge < -0.3 is 57.7 Å². The van der Waals surface area contributed by atoms with Crippen LogP contribution in [0.3, 0.4) is 0 Å². The number of likely N-dealkylation sites (tertiary alicyclic amines) is 2. The number of carbonyl (C=O) groups is 5. The SMILES string of the molecule is CCn1cc(-c2cn3ncc(C(N)=O)c(N[C@@H]4CN(C(=O)OC(C)(C)C)C[C@@H]4C)c3n2)cn1.CCn1cc(-c2cn3ncc(C(N)=O)c(N[C@@H]4CNC[C@@H]4C)c3n2)cn1.C[C@H]1CN(C(=O)OC(C)(C)C)C[C@H]1Nc1c(C(N)=O)cnn2cc(Br)nc12. The molecule has 11 heterocycles. The maximum absolute atomic E-state index is 12.5. The average molecular weight is 1250 g/mol. The molecule has 0 radical (unpaired) electrons. The van der Waals surface area contributed by atoms with Crippen molar-refractivity contribution in [2.45, 2.75) is 119 Å². The zero-order valence-corrected chi connectivity index (χ0v) is 51.7. The van der Waals surface area contributed by atoms with E-state index in [1.54, 1.807) is 48.1 Å². The largest absolute Gasteiger partial charge is 0.444 e. The summed E-state index contributed by atoms with van der Waals surface area (Å²) in [5.74, 6) is -1.04. The zero-order chi connectivity index (χ0) is 62.1. The Morgan fingerprint density at radius 2 is 0.919 bits per heavy atom. The van der Waals surface area contributed by atoms with E-state index in [9.17, 15) is 24.0 Å². The van der Waals surface area contributed by atoms with Gasteiger partial charge in [0.2, 0.25) is 0 Å². The Morgan fingerprint density at radius 1 is 0.535 bits per heavy atom. The summed E-state index contributed by atoms with van der Waals surface area (Å²) >= 11 is 3.32. The van der Waals surface area contributed by atoms with Crippen LogP contribution in [0.5, 0.6) is 0 Å². The van der Waals surface area contributed by atoms with Crippen LogP contribution in [0.15, 0.2) is 66.6 Å². The Labute approximate surface area is 504 Å². The molecule has 8 aromatic rings. The van der Waals surface area contributed by atoms with Gasteiger partial charge in [-0.2, -0.15) is 25.5 Å². The number of anilines is 3. The molecule has 3 fully saturated rings. The molecule has 86 heavy (non-hydrogen) atoms. The van der Waals surface area contributed by atoms with E-state index in [2.05, 4.69) is 74.6 Å². The summed E-state index contributed by atoms with van der Waals surface area (Å²) in [6.07, 6.45) is 16.3. The quantitative estimate of drug-likeness (QED) is 0.0763. The van der Waals surface area contributed by atoms with Crippen LogP contribution in [-0.2, 0) is 22.6 Å². The second kappa shape index (κ2) is 25.0. The smallest absolute Gasteiger partial charge is 0.410 e. The number of nitrogens with zero attached hydrogens (tertiary/aromatic N) is 15. The van der Waals surface area contributed by atoms with Crippen molar-refractivity contribution >= 4 is 79.8 Å². The van der Waals surface area contributed by atoms with E-state index in [0.29, 0.717) is 82.0 Å². The molecular formula is C56H75BrN22O7. The Kier molecular flexibility index (Phi) is 17.9. The highest BCUT2D eigenvalue weighted by Crippen LogP contribution is 2.32. The minimum atomic E-state index is -0.606. The van der Waals surface area contributed by atoms with Crippen LogP contribution in [-0.4, -0.2) is 172 Å². The van der Waals surface area contributed by atoms with E-state index in [4.69, 9.17) is 36.6 Å². The van der Waals surface area contributed by atoms with Crippen molar-refractivity contribution in [3.05, 3.63) is 83.3 Å². The van der Waals surface area contributed by atoms with Crippen molar-refractivity contribution in [2.24, 2.45) is 35.0 Å². The first-order valence-corrected chi connectivity index (χ1v) is 29.2. The lowest BCUT2D eigenvalue weighted by Gasteiger charge is -2.24. The summed E-state index contributed by atoms with van der Waals surface area (Å²) in [6, 6.07) is -0.00982. The highest BCUT2D eigenvalue weighted by molar-refractivity contribution is 9.10. The maximum Gasteiger partial charge on any atom is 0.410 e. The lowest BCUT2D eigenvalue weighted by Crippen LogP contribution is -2.36. The molecule has 0 aliphatic carbocycles. The van der Waals surface area contributed by atoms with Crippen LogP contribution in [0.1, 0.15) is 107 Å². The number of aromatic nitrogens is 13. The fourth-order valence-corrected chi connectivity index (χ4v) is 10.6. The first-order chi connectivity index (χ1) is 40.7. The number of hydrogen-bond acceptors (Lipinski definition) is 19. The van der Waals surface area contributed by atoms with E-state index in [-0.39, 0.29) is 53.3 Å². The number of hydrogen-bond donors (Lipinski definition) is 7.